The molecule has 2 fully saturated rings. The van der Waals surface area contributed by atoms with Crippen LogP contribution in [0.15, 0.2) is 0 Å². The largest absolute Gasteiger partial charge is 0.460 e. The first-order chi connectivity index (χ1) is 8.85. The number of rotatable bonds is 3. The highest BCUT2D eigenvalue weighted by Gasteiger charge is 2.34. The highest BCUT2D eigenvalue weighted by molar-refractivity contribution is 5.70. The van der Waals surface area contributed by atoms with Crippen LogP contribution in [0.2, 0.25) is 0 Å². The van der Waals surface area contributed by atoms with Gasteiger partial charge in [-0.2, -0.15) is 0 Å². The second kappa shape index (κ2) is 5.80. The summed E-state index contributed by atoms with van der Waals surface area (Å²) in [6.45, 7) is 8.83. The van der Waals surface area contributed by atoms with E-state index in [1.807, 2.05) is 20.8 Å². The number of likely N-dealkylation sites (N-methyl/N-ethyl adjacent to an activating group) is 1. The first kappa shape index (κ1) is 14.8. The standard InChI is InChI=1S/C15H28N2O2/c1-15(2,3)19-14(18)8-10-17-9-7-12-5-6-13(11-17)16(12)4/h12-13H,5-11H2,1-4H3. The molecule has 0 aromatic heterocycles. The van der Waals surface area contributed by atoms with E-state index in [-0.39, 0.29) is 11.6 Å². The molecule has 0 radical (unpaired) electrons. The van der Waals surface area contributed by atoms with Crippen LogP contribution in [0.25, 0.3) is 0 Å². The lowest BCUT2D eigenvalue weighted by molar-refractivity contribution is -0.155. The van der Waals surface area contributed by atoms with Crippen molar-refractivity contribution >= 4 is 5.97 Å². The number of hydrogen-bond donors (Lipinski definition) is 0. The Morgan fingerprint density at radius 1 is 1.21 bits per heavy atom. The summed E-state index contributed by atoms with van der Waals surface area (Å²) < 4.78 is 5.37. The zero-order valence-corrected chi connectivity index (χ0v) is 12.8. The van der Waals surface area contributed by atoms with Gasteiger partial charge in [-0.3, -0.25) is 9.69 Å². The Hall–Kier alpha value is -0.610. The van der Waals surface area contributed by atoms with Gasteiger partial charge in [-0.25, -0.2) is 0 Å². The van der Waals surface area contributed by atoms with Crippen molar-refractivity contribution in [2.24, 2.45) is 0 Å². The highest BCUT2D eigenvalue weighted by Crippen LogP contribution is 2.28. The first-order valence-corrected chi connectivity index (χ1v) is 7.51. The molecule has 0 N–H and O–H groups in total. The minimum Gasteiger partial charge on any atom is -0.460 e. The maximum Gasteiger partial charge on any atom is 0.307 e. The maximum atomic E-state index is 11.8. The fourth-order valence-electron chi connectivity index (χ4n) is 3.22. The van der Waals surface area contributed by atoms with E-state index in [4.69, 9.17) is 4.74 Å². The van der Waals surface area contributed by atoms with Gasteiger partial charge in [-0.05, 0) is 53.6 Å². The van der Waals surface area contributed by atoms with Gasteiger partial charge in [0.05, 0.1) is 6.42 Å². The molecule has 2 unspecified atom stereocenters. The molecule has 2 saturated heterocycles. The van der Waals surface area contributed by atoms with Crippen molar-refractivity contribution < 1.29 is 9.53 Å². The second-order valence-electron chi connectivity index (χ2n) is 6.98. The van der Waals surface area contributed by atoms with Crippen LogP contribution >= 0.6 is 0 Å². The number of carbonyl (C=O) groups is 1. The Morgan fingerprint density at radius 3 is 2.58 bits per heavy atom. The molecule has 110 valence electrons. The molecule has 2 aliphatic heterocycles. The van der Waals surface area contributed by atoms with Crippen molar-refractivity contribution in [3.8, 4) is 0 Å². The van der Waals surface area contributed by atoms with Crippen LogP contribution < -0.4 is 0 Å². The zero-order valence-electron chi connectivity index (χ0n) is 12.8. The lowest BCUT2D eigenvalue weighted by Gasteiger charge is -2.26. The molecule has 4 nitrogen and oxygen atoms in total. The molecule has 4 heteroatoms. The number of ether oxygens (including phenoxy) is 1. The lowest BCUT2D eigenvalue weighted by atomic mass is 10.1. The third-order valence-electron chi connectivity index (χ3n) is 4.28. The Labute approximate surface area is 117 Å². The van der Waals surface area contributed by atoms with E-state index in [0.29, 0.717) is 12.5 Å². The molecular formula is C15H28N2O2. The monoisotopic (exact) mass is 268 g/mol. The van der Waals surface area contributed by atoms with Gasteiger partial charge in [0.15, 0.2) is 0 Å². The molecule has 0 aliphatic carbocycles. The summed E-state index contributed by atoms with van der Waals surface area (Å²) in [7, 11) is 2.25. The molecule has 0 saturated carbocycles. The normalized spacial score (nSPS) is 29.3. The maximum absolute atomic E-state index is 11.8. The van der Waals surface area contributed by atoms with Crippen LogP contribution in [0.4, 0.5) is 0 Å². The van der Waals surface area contributed by atoms with Gasteiger partial charge < -0.3 is 9.64 Å². The smallest absolute Gasteiger partial charge is 0.307 e. The molecule has 0 aromatic carbocycles. The third-order valence-corrected chi connectivity index (χ3v) is 4.28. The van der Waals surface area contributed by atoms with Crippen molar-refractivity contribution in [3.05, 3.63) is 0 Å². The summed E-state index contributed by atoms with van der Waals surface area (Å²) in [5.74, 6) is -0.0738. The second-order valence-corrected chi connectivity index (χ2v) is 6.98. The van der Waals surface area contributed by atoms with E-state index in [1.165, 1.54) is 19.3 Å². The minimum atomic E-state index is -0.366. The Kier molecular flexibility index (Phi) is 4.51. The van der Waals surface area contributed by atoms with Crippen LogP contribution in [-0.2, 0) is 9.53 Å². The van der Waals surface area contributed by atoms with Crippen molar-refractivity contribution in [2.75, 3.05) is 26.7 Å². The quantitative estimate of drug-likeness (QED) is 0.732. The van der Waals surface area contributed by atoms with Gasteiger partial charge >= 0.3 is 5.97 Å². The van der Waals surface area contributed by atoms with Crippen molar-refractivity contribution in [1.82, 2.24) is 9.80 Å². The predicted molar refractivity (Wildman–Crippen MR) is 76.1 cm³/mol. The first-order valence-electron chi connectivity index (χ1n) is 7.51. The van der Waals surface area contributed by atoms with Crippen molar-refractivity contribution in [3.63, 3.8) is 0 Å². The average Bonchev–Trinajstić information content (AvgIpc) is 2.49. The van der Waals surface area contributed by atoms with Gasteiger partial charge in [-0.1, -0.05) is 0 Å². The highest BCUT2D eigenvalue weighted by atomic mass is 16.6. The van der Waals surface area contributed by atoms with Crippen LogP contribution in [0.5, 0.6) is 0 Å². The summed E-state index contributed by atoms with van der Waals surface area (Å²) in [4.78, 5) is 16.7. The molecule has 2 aliphatic rings. The number of likely N-dealkylation sites (tertiary alicyclic amines) is 1. The van der Waals surface area contributed by atoms with E-state index in [1.54, 1.807) is 0 Å². The summed E-state index contributed by atoms with van der Waals surface area (Å²) >= 11 is 0. The number of nitrogens with zero attached hydrogens (tertiary/aromatic N) is 2. The van der Waals surface area contributed by atoms with Gasteiger partial charge in [0.2, 0.25) is 0 Å². The summed E-state index contributed by atoms with van der Waals surface area (Å²) in [5.41, 5.74) is -0.366. The summed E-state index contributed by atoms with van der Waals surface area (Å²) in [6.07, 6.45) is 4.41. The van der Waals surface area contributed by atoms with Gasteiger partial charge in [0.25, 0.3) is 0 Å². The van der Waals surface area contributed by atoms with E-state index in [9.17, 15) is 4.79 Å². The van der Waals surface area contributed by atoms with E-state index in [2.05, 4.69) is 16.8 Å². The van der Waals surface area contributed by atoms with Crippen LogP contribution in [0.3, 0.4) is 0 Å². The molecule has 2 atom stereocenters. The Bertz CT molecular complexity index is 325. The molecule has 19 heavy (non-hydrogen) atoms. The summed E-state index contributed by atoms with van der Waals surface area (Å²) in [5, 5.41) is 0. The Balaban J connectivity index is 1.76. The zero-order chi connectivity index (χ0) is 14.0. The van der Waals surface area contributed by atoms with Crippen molar-refractivity contribution in [2.45, 2.75) is 64.1 Å². The lowest BCUT2D eigenvalue weighted by Crippen LogP contribution is -2.37. The SMILES string of the molecule is CN1C2CCC1CN(CCC(=O)OC(C)(C)C)CC2. The topological polar surface area (TPSA) is 32.8 Å². The van der Waals surface area contributed by atoms with E-state index < -0.39 is 0 Å². The fourth-order valence-corrected chi connectivity index (χ4v) is 3.22. The number of esters is 1. The van der Waals surface area contributed by atoms with Gasteiger partial charge in [0.1, 0.15) is 5.60 Å². The predicted octanol–water partition coefficient (Wildman–Crippen LogP) is 1.89. The number of hydrogen-bond acceptors (Lipinski definition) is 4. The van der Waals surface area contributed by atoms with Gasteiger partial charge in [0, 0.05) is 25.2 Å². The summed E-state index contributed by atoms with van der Waals surface area (Å²) in [6, 6.07) is 1.45. The van der Waals surface area contributed by atoms with E-state index >= 15 is 0 Å². The van der Waals surface area contributed by atoms with Crippen LogP contribution in [0.1, 0.15) is 46.5 Å². The number of carbonyl (C=O) groups excluding carboxylic acids is 1. The van der Waals surface area contributed by atoms with E-state index in [0.717, 1.165) is 25.7 Å². The fraction of sp³-hybridized carbons (Fsp3) is 0.933. The average molecular weight is 268 g/mol. The molecular weight excluding hydrogens is 240 g/mol. The van der Waals surface area contributed by atoms with Crippen molar-refractivity contribution in [1.29, 1.82) is 0 Å². The minimum absolute atomic E-state index is 0.0738. The van der Waals surface area contributed by atoms with Crippen LogP contribution in [-0.4, -0.2) is 60.1 Å². The molecule has 0 spiro atoms. The molecule has 2 rings (SSSR count). The molecule has 2 bridgehead atoms. The van der Waals surface area contributed by atoms with Crippen LogP contribution in [0, 0.1) is 0 Å². The molecule has 0 aromatic rings. The Morgan fingerprint density at radius 2 is 1.89 bits per heavy atom. The molecule has 0 amide bonds. The third kappa shape index (κ3) is 4.18. The number of fused-ring (bicyclic) bond motifs is 2. The van der Waals surface area contributed by atoms with Gasteiger partial charge in [-0.15, -0.1) is 0 Å². The molecule has 2 heterocycles.